The lowest BCUT2D eigenvalue weighted by molar-refractivity contribution is -0.132. The Bertz CT molecular complexity index is 685. The smallest absolute Gasteiger partial charge is 0.227 e. The molecule has 0 unspecified atom stereocenters. The highest BCUT2D eigenvalue weighted by molar-refractivity contribution is 5.79. The zero-order chi connectivity index (χ0) is 17.1. The average molecular weight is 326 g/mol. The predicted molar refractivity (Wildman–Crippen MR) is 93.7 cm³/mol. The first-order valence-corrected chi connectivity index (χ1v) is 8.72. The van der Waals surface area contributed by atoms with Crippen molar-refractivity contribution in [3.8, 4) is 0 Å². The Morgan fingerprint density at radius 2 is 2.17 bits per heavy atom. The Balaban J connectivity index is 1.60. The van der Waals surface area contributed by atoms with Gasteiger partial charge in [-0.3, -0.25) is 14.9 Å². The van der Waals surface area contributed by atoms with Gasteiger partial charge in [-0.05, 0) is 57.6 Å². The number of piperidine rings is 1. The van der Waals surface area contributed by atoms with Crippen LogP contribution in [0.2, 0.25) is 0 Å². The molecule has 1 fully saturated rings. The monoisotopic (exact) mass is 326 g/mol. The van der Waals surface area contributed by atoms with Gasteiger partial charge in [0.25, 0.3) is 0 Å². The largest absolute Gasteiger partial charge is 0.342 e. The third-order valence-corrected chi connectivity index (χ3v) is 4.98. The van der Waals surface area contributed by atoms with Crippen molar-refractivity contribution in [2.75, 3.05) is 13.1 Å². The minimum atomic E-state index is 0.217. The van der Waals surface area contributed by atoms with Crippen LogP contribution in [-0.2, 0) is 17.6 Å². The zero-order valence-electron chi connectivity index (χ0n) is 14.8. The molecule has 5 nitrogen and oxygen atoms in total. The summed E-state index contributed by atoms with van der Waals surface area (Å²) in [6.07, 6.45) is 5.68. The van der Waals surface area contributed by atoms with E-state index in [0.29, 0.717) is 12.3 Å². The number of carbonyl (C=O) groups is 1. The number of aromatic amines is 1. The van der Waals surface area contributed by atoms with E-state index in [1.807, 2.05) is 31.9 Å². The van der Waals surface area contributed by atoms with Gasteiger partial charge < -0.3 is 4.90 Å². The van der Waals surface area contributed by atoms with Crippen LogP contribution in [0.4, 0.5) is 0 Å². The Kier molecular flexibility index (Phi) is 4.97. The molecule has 1 saturated heterocycles. The molecule has 1 aliphatic rings. The van der Waals surface area contributed by atoms with Crippen molar-refractivity contribution >= 4 is 5.91 Å². The molecule has 0 aromatic carbocycles. The van der Waals surface area contributed by atoms with Crippen LogP contribution in [0, 0.1) is 26.7 Å². The number of carbonyl (C=O) groups excluding carboxylic acids is 1. The van der Waals surface area contributed by atoms with Gasteiger partial charge in [0.05, 0.1) is 12.1 Å². The summed E-state index contributed by atoms with van der Waals surface area (Å²) in [4.78, 5) is 19.1. The van der Waals surface area contributed by atoms with E-state index in [1.54, 1.807) is 0 Å². The first-order valence-electron chi connectivity index (χ1n) is 8.72. The molecule has 1 N–H and O–H groups in total. The molecule has 1 atom stereocenters. The molecule has 5 heteroatoms. The second-order valence-electron chi connectivity index (χ2n) is 6.95. The molecule has 2 aromatic heterocycles. The van der Waals surface area contributed by atoms with Crippen LogP contribution in [0.25, 0.3) is 0 Å². The number of hydrogen-bond acceptors (Lipinski definition) is 3. The summed E-state index contributed by atoms with van der Waals surface area (Å²) in [6, 6.07) is 4.22. The number of nitrogens with zero attached hydrogens (tertiary/aromatic N) is 3. The van der Waals surface area contributed by atoms with Crippen molar-refractivity contribution < 1.29 is 4.79 Å². The van der Waals surface area contributed by atoms with Crippen molar-refractivity contribution in [1.29, 1.82) is 0 Å². The fraction of sp³-hybridized carbons (Fsp3) is 0.526. The standard InChI is InChI=1S/C19H26N4O/c1-13-6-7-16(11-20-13)9-17-5-4-8-23(12-17)19(24)10-18-14(2)21-22-15(18)3/h6-7,11,17H,4-5,8-10,12H2,1-3H3,(H,21,22)/t17-/m1/s1. The molecule has 0 aliphatic carbocycles. The minimum Gasteiger partial charge on any atom is -0.342 e. The second kappa shape index (κ2) is 7.16. The Morgan fingerprint density at radius 1 is 1.33 bits per heavy atom. The summed E-state index contributed by atoms with van der Waals surface area (Å²) >= 11 is 0. The minimum absolute atomic E-state index is 0.217. The number of H-pyrrole nitrogens is 1. The summed E-state index contributed by atoms with van der Waals surface area (Å²) < 4.78 is 0. The molecule has 2 aromatic rings. The van der Waals surface area contributed by atoms with Crippen LogP contribution < -0.4 is 0 Å². The maximum Gasteiger partial charge on any atom is 0.227 e. The topological polar surface area (TPSA) is 61.9 Å². The van der Waals surface area contributed by atoms with Gasteiger partial charge in [0.1, 0.15) is 0 Å². The summed E-state index contributed by atoms with van der Waals surface area (Å²) in [5, 5.41) is 7.15. The highest BCUT2D eigenvalue weighted by Gasteiger charge is 2.25. The van der Waals surface area contributed by atoms with Crippen molar-refractivity contribution in [3.05, 3.63) is 46.5 Å². The van der Waals surface area contributed by atoms with Crippen LogP contribution in [0.5, 0.6) is 0 Å². The molecule has 0 bridgehead atoms. The number of amides is 1. The number of rotatable bonds is 4. The number of hydrogen-bond donors (Lipinski definition) is 1. The molecule has 0 spiro atoms. The molecule has 1 aliphatic heterocycles. The van der Waals surface area contributed by atoms with Gasteiger partial charge in [-0.25, -0.2) is 0 Å². The maximum atomic E-state index is 12.7. The molecule has 3 rings (SSSR count). The lowest BCUT2D eigenvalue weighted by Crippen LogP contribution is -2.41. The Labute approximate surface area is 143 Å². The molecule has 24 heavy (non-hydrogen) atoms. The average Bonchev–Trinajstić information content (AvgIpc) is 2.89. The summed E-state index contributed by atoms with van der Waals surface area (Å²) in [5.74, 6) is 0.744. The second-order valence-corrected chi connectivity index (χ2v) is 6.95. The van der Waals surface area contributed by atoms with Gasteiger partial charge in [0.15, 0.2) is 0 Å². The van der Waals surface area contributed by atoms with E-state index < -0.39 is 0 Å². The molecular formula is C19H26N4O. The fourth-order valence-corrected chi connectivity index (χ4v) is 3.51. The zero-order valence-corrected chi connectivity index (χ0v) is 14.8. The van der Waals surface area contributed by atoms with Crippen molar-refractivity contribution in [2.45, 2.75) is 46.5 Å². The van der Waals surface area contributed by atoms with Gasteiger partial charge in [-0.15, -0.1) is 0 Å². The van der Waals surface area contributed by atoms with Crippen LogP contribution in [0.1, 0.15) is 41.1 Å². The number of likely N-dealkylation sites (tertiary alicyclic amines) is 1. The van der Waals surface area contributed by atoms with Crippen molar-refractivity contribution in [2.24, 2.45) is 5.92 Å². The third kappa shape index (κ3) is 3.83. The molecule has 128 valence electrons. The maximum absolute atomic E-state index is 12.7. The summed E-state index contributed by atoms with van der Waals surface area (Å²) in [5.41, 5.74) is 5.29. The Hall–Kier alpha value is -2.17. The van der Waals surface area contributed by atoms with Gasteiger partial charge in [-0.2, -0.15) is 5.10 Å². The first kappa shape index (κ1) is 16.7. The molecule has 0 saturated carbocycles. The van der Waals surface area contributed by atoms with E-state index in [1.165, 1.54) is 12.0 Å². The summed E-state index contributed by atoms with van der Waals surface area (Å²) in [6.45, 7) is 7.66. The quantitative estimate of drug-likeness (QED) is 0.940. The molecular weight excluding hydrogens is 300 g/mol. The Morgan fingerprint density at radius 3 is 2.83 bits per heavy atom. The highest BCUT2D eigenvalue weighted by Crippen LogP contribution is 2.22. The van der Waals surface area contributed by atoms with Gasteiger partial charge >= 0.3 is 0 Å². The van der Waals surface area contributed by atoms with Gasteiger partial charge in [0, 0.05) is 36.2 Å². The lowest BCUT2D eigenvalue weighted by atomic mass is 9.91. The van der Waals surface area contributed by atoms with E-state index in [9.17, 15) is 4.79 Å². The van der Waals surface area contributed by atoms with Crippen LogP contribution in [0.3, 0.4) is 0 Å². The molecule has 3 heterocycles. The lowest BCUT2D eigenvalue weighted by Gasteiger charge is -2.33. The van der Waals surface area contributed by atoms with E-state index in [2.05, 4.69) is 27.3 Å². The SMILES string of the molecule is Cc1ccc(C[C@H]2CCCN(C(=O)Cc3c(C)n[nH]c3C)C2)cn1. The van der Waals surface area contributed by atoms with Crippen molar-refractivity contribution in [3.63, 3.8) is 0 Å². The first-order chi connectivity index (χ1) is 11.5. The van der Waals surface area contributed by atoms with Crippen molar-refractivity contribution in [1.82, 2.24) is 20.1 Å². The predicted octanol–water partition coefficient (Wildman–Crippen LogP) is 2.75. The van der Waals surface area contributed by atoms with Gasteiger partial charge in [-0.1, -0.05) is 6.07 Å². The van der Waals surface area contributed by atoms with E-state index >= 15 is 0 Å². The van der Waals surface area contributed by atoms with Crippen LogP contribution in [-0.4, -0.2) is 39.1 Å². The molecule has 0 radical (unpaired) electrons. The summed E-state index contributed by atoms with van der Waals surface area (Å²) in [7, 11) is 0. The number of aromatic nitrogens is 3. The molecule has 1 amide bonds. The van der Waals surface area contributed by atoms with E-state index in [0.717, 1.165) is 48.6 Å². The van der Waals surface area contributed by atoms with Crippen LogP contribution in [0.15, 0.2) is 18.3 Å². The number of nitrogens with one attached hydrogen (secondary N) is 1. The number of pyridine rings is 1. The fourth-order valence-electron chi connectivity index (χ4n) is 3.51. The van der Waals surface area contributed by atoms with Gasteiger partial charge in [0.2, 0.25) is 5.91 Å². The van der Waals surface area contributed by atoms with E-state index in [-0.39, 0.29) is 5.91 Å². The highest BCUT2D eigenvalue weighted by atomic mass is 16.2. The van der Waals surface area contributed by atoms with E-state index in [4.69, 9.17) is 0 Å². The third-order valence-electron chi connectivity index (χ3n) is 4.98. The number of aryl methyl sites for hydroxylation is 3. The normalized spacial score (nSPS) is 18.0. The van der Waals surface area contributed by atoms with Crippen LogP contribution >= 0.6 is 0 Å².